The first kappa shape index (κ1) is 14.1. The molecule has 1 atom stereocenters. The molecule has 104 valence electrons. The van der Waals surface area contributed by atoms with Gasteiger partial charge >= 0.3 is 5.97 Å². The Morgan fingerprint density at radius 2 is 2.00 bits per heavy atom. The van der Waals surface area contributed by atoms with Crippen molar-refractivity contribution in [1.82, 2.24) is 0 Å². The summed E-state index contributed by atoms with van der Waals surface area (Å²) in [6, 6.07) is 9.81. The molecule has 0 saturated carbocycles. The van der Waals surface area contributed by atoms with Crippen molar-refractivity contribution in [2.24, 2.45) is 0 Å². The highest BCUT2D eigenvalue weighted by Crippen LogP contribution is 2.31. The Labute approximate surface area is 117 Å². The molecule has 0 saturated heterocycles. The summed E-state index contributed by atoms with van der Waals surface area (Å²) in [6.45, 7) is 0. The summed E-state index contributed by atoms with van der Waals surface area (Å²) in [5.74, 6) is -1.08. The molecular weight excluding hydrogens is 282 g/mol. The Morgan fingerprint density at radius 1 is 1.30 bits per heavy atom. The van der Waals surface area contributed by atoms with Gasteiger partial charge in [0.25, 0.3) is 5.69 Å². The number of fused-ring (bicyclic) bond motifs is 1. The normalized spacial score (nSPS) is 12.1. The molecular formula is C13H11NO5S. The van der Waals surface area contributed by atoms with Gasteiger partial charge in [-0.15, -0.1) is 0 Å². The molecule has 0 amide bonds. The van der Waals surface area contributed by atoms with Gasteiger partial charge in [0.15, 0.2) is 0 Å². The van der Waals surface area contributed by atoms with E-state index < -0.39 is 27.4 Å². The third-order valence-electron chi connectivity index (χ3n) is 2.77. The minimum Gasteiger partial charge on any atom is -0.468 e. The van der Waals surface area contributed by atoms with Crippen LogP contribution in [0.25, 0.3) is 10.8 Å². The maximum Gasteiger partial charge on any atom is 0.318 e. The van der Waals surface area contributed by atoms with E-state index in [1.165, 1.54) is 13.2 Å². The molecule has 0 N–H and O–H groups in total. The highest BCUT2D eigenvalue weighted by molar-refractivity contribution is 7.86. The Balaban J connectivity index is 2.58. The first-order chi connectivity index (χ1) is 9.54. The van der Waals surface area contributed by atoms with E-state index in [4.69, 9.17) is 0 Å². The monoisotopic (exact) mass is 293 g/mol. The van der Waals surface area contributed by atoms with Crippen molar-refractivity contribution in [1.29, 1.82) is 0 Å². The van der Waals surface area contributed by atoms with Crippen molar-refractivity contribution in [2.45, 2.75) is 4.90 Å². The molecule has 0 fully saturated rings. The fourth-order valence-corrected chi connectivity index (χ4v) is 2.96. The summed E-state index contributed by atoms with van der Waals surface area (Å²) in [7, 11) is -0.643. The average Bonchev–Trinajstić information content (AvgIpc) is 2.45. The van der Waals surface area contributed by atoms with Crippen molar-refractivity contribution >= 4 is 33.2 Å². The molecule has 0 heterocycles. The number of methoxy groups -OCH3 is 1. The van der Waals surface area contributed by atoms with Gasteiger partial charge in [0.05, 0.1) is 28.2 Å². The second-order valence-corrected chi connectivity index (χ2v) is 5.38. The van der Waals surface area contributed by atoms with E-state index in [9.17, 15) is 19.1 Å². The van der Waals surface area contributed by atoms with Gasteiger partial charge in [-0.25, -0.2) is 0 Å². The predicted molar refractivity (Wildman–Crippen MR) is 73.9 cm³/mol. The number of carbonyl (C=O) groups is 1. The van der Waals surface area contributed by atoms with Crippen LogP contribution in [0.2, 0.25) is 0 Å². The zero-order valence-electron chi connectivity index (χ0n) is 10.6. The second kappa shape index (κ2) is 5.79. The van der Waals surface area contributed by atoms with E-state index in [0.717, 1.165) is 0 Å². The van der Waals surface area contributed by atoms with Gasteiger partial charge in [0, 0.05) is 0 Å². The lowest BCUT2D eigenvalue weighted by atomic mass is 10.1. The van der Waals surface area contributed by atoms with Crippen LogP contribution < -0.4 is 0 Å². The maximum atomic E-state index is 12.1. The molecule has 2 aromatic rings. The maximum absolute atomic E-state index is 12.1. The van der Waals surface area contributed by atoms with Gasteiger partial charge in [0.2, 0.25) is 0 Å². The van der Waals surface area contributed by atoms with Crippen molar-refractivity contribution in [2.75, 3.05) is 12.9 Å². The van der Waals surface area contributed by atoms with Crippen LogP contribution in [0.3, 0.4) is 0 Å². The number of nitrogens with zero attached hydrogens (tertiary/aromatic N) is 1. The van der Waals surface area contributed by atoms with E-state index in [1.807, 2.05) is 0 Å². The zero-order valence-corrected chi connectivity index (χ0v) is 11.4. The number of carbonyl (C=O) groups excluding carboxylic acids is 1. The summed E-state index contributed by atoms with van der Waals surface area (Å²) in [5, 5.41) is 12.3. The van der Waals surface area contributed by atoms with Crippen LogP contribution in [0, 0.1) is 10.1 Å². The van der Waals surface area contributed by atoms with Gasteiger partial charge in [-0.2, -0.15) is 0 Å². The third-order valence-corrected chi connectivity index (χ3v) is 4.09. The molecule has 0 radical (unpaired) electrons. The van der Waals surface area contributed by atoms with Crippen LogP contribution in [0.5, 0.6) is 0 Å². The largest absolute Gasteiger partial charge is 0.468 e. The molecule has 2 rings (SSSR count). The quantitative estimate of drug-likeness (QED) is 0.489. The molecule has 1 unspecified atom stereocenters. The van der Waals surface area contributed by atoms with Crippen LogP contribution in [0.1, 0.15) is 0 Å². The SMILES string of the molecule is COC(=O)CS(=O)c1ccc2ccccc2c1[N+](=O)[O-]. The molecule has 0 aliphatic heterocycles. The predicted octanol–water partition coefficient (Wildman–Crippen LogP) is 2.03. The van der Waals surface area contributed by atoms with Crippen LogP contribution in [-0.4, -0.2) is 28.0 Å². The van der Waals surface area contributed by atoms with Crippen molar-refractivity contribution in [3.05, 3.63) is 46.5 Å². The van der Waals surface area contributed by atoms with Crippen molar-refractivity contribution < 1.29 is 18.7 Å². The van der Waals surface area contributed by atoms with Crippen molar-refractivity contribution in [3.8, 4) is 0 Å². The van der Waals surface area contributed by atoms with E-state index in [1.54, 1.807) is 30.3 Å². The molecule has 2 aromatic carbocycles. The Bertz CT molecular complexity index is 713. The Morgan fingerprint density at radius 3 is 2.65 bits per heavy atom. The first-order valence-electron chi connectivity index (χ1n) is 5.66. The first-order valence-corrected chi connectivity index (χ1v) is 6.98. The molecule has 0 bridgehead atoms. The van der Waals surface area contributed by atoms with Crippen LogP contribution >= 0.6 is 0 Å². The van der Waals surface area contributed by atoms with E-state index in [2.05, 4.69) is 4.74 Å². The number of esters is 1. The summed E-state index contributed by atoms with van der Waals surface area (Å²) >= 11 is 0. The lowest BCUT2D eigenvalue weighted by Gasteiger charge is -2.05. The summed E-state index contributed by atoms with van der Waals surface area (Å²) in [4.78, 5) is 21.9. The molecule has 0 spiro atoms. The number of hydrogen-bond acceptors (Lipinski definition) is 5. The molecule has 0 aliphatic carbocycles. The summed E-state index contributed by atoms with van der Waals surface area (Å²) in [5.41, 5.74) is -0.231. The van der Waals surface area contributed by atoms with Crippen molar-refractivity contribution in [3.63, 3.8) is 0 Å². The van der Waals surface area contributed by atoms with Gasteiger partial charge < -0.3 is 4.74 Å². The topological polar surface area (TPSA) is 86.5 Å². The minimum atomic E-state index is -1.82. The van der Waals surface area contributed by atoms with Gasteiger partial charge in [0.1, 0.15) is 10.6 Å². The lowest BCUT2D eigenvalue weighted by Crippen LogP contribution is -2.13. The van der Waals surface area contributed by atoms with E-state index in [0.29, 0.717) is 10.8 Å². The summed E-state index contributed by atoms with van der Waals surface area (Å²) < 4.78 is 16.5. The molecule has 0 aromatic heterocycles. The number of nitro groups is 1. The zero-order chi connectivity index (χ0) is 14.7. The second-order valence-electron chi connectivity index (χ2n) is 3.96. The number of nitro benzene ring substituents is 1. The van der Waals surface area contributed by atoms with Gasteiger partial charge in [-0.3, -0.25) is 19.1 Å². The number of rotatable bonds is 4. The number of benzene rings is 2. The number of hydrogen-bond donors (Lipinski definition) is 0. The van der Waals surface area contributed by atoms with E-state index >= 15 is 0 Å². The van der Waals surface area contributed by atoms with Gasteiger partial charge in [-0.1, -0.05) is 24.3 Å². The molecule has 6 nitrogen and oxygen atoms in total. The molecule has 7 heteroatoms. The van der Waals surface area contributed by atoms with Crippen LogP contribution in [0.15, 0.2) is 41.3 Å². The van der Waals surface area contributed by atoms with Gasteiger partial charge in [-0.05, 0) is 17.5 Å². The smallest absolute Gasteiger partial charge is 0.318 e. The lowest BCUT2D eigenvalue weighted by molar-refractivity contribution is -0.385. The standard InChI is InChI=1S/C13H11NO5S/c1-19-12(15)8-20(18)11-7-6-9-4-2-3-5-10(9)13(11)14(16)17/h2-7H,8H2,1H3. The third kappa shape index (κ3) is 2.67. The fraction of sp³-hybridized carbons (Fsp3) is 0.154. The van der Waals surface area contributed by atoms with E-state index in [-0.39, 0.29) is 10.6 Å². The van der Waals surface area contributed by atoms with Crippen LogP contribution in [0.4, 0.5) is 5.69 Å². The average molecular weight is 293 g/mol. The molecule has 20 heavy (non-hydrogen) atoms. The Kier molecular flexibility index (Phi) is 4.09. The fourth-order valence-electron chi connectivity index (χ4n) is 1.85. The summed E-state index contributed by atoms with van der Waals surface area (Å²) in [6.07, 6.45) is 0. The highest BCUT2D eigenvalue weighted by Gasteiger charge is 2.24. The van der Waals surface area contributed by atoms with Crippen LogP contribution in [-0.2, 0) is 20.3 Å². The number of ether oxygens (including phenoxy) is 1. The molecule has 0 aliphatic rings. The Hall–Kier alpha value is -2.28. The minimum absolute atomic E-state index is 0.0269. The highest BCUT2D eigenvalue weighted by atomic mass is 32.2.